The van der Waals surface area contributed by atoms with E-state index in [-0.39, 0.29) is 29.7 Å². The third-order valence-corrected chi connectivity index (χ3v) is 15.1. The zero-order valence-corrected chi connectivity index (χ0v) is 38.7. The molecular formula is C49H56ClN9O4S. The van der Waals surface area contributed by atoms with Crippen LogP contribution < -0.4 is 5.69 Å². The number of amides is 1. The van der Waals surface area contributed by atoms with Gasteiger partial charge in [0.2, 0.25) is 5.91 Å². The van der Waals surface area contributed by atoms with Crippen molar-refractivity contribution in [2.24, 2.45) is 16.8 Å². The van der Waals surface area contributed by atoms with Crippen LogP contribution in [0.25, 0.3) is 22.1 Å². The van der Waals surface area contributed by atoms with Gasteiger partial charge in [-0.15, -0.1) is 21.5 Å². The SMILES string of the molecule is Cc1sc2c(c1C)C(c1ccc(Cl)cc1)=N[C@@H](CC(=O)N1CCC(CCN3CCC(Cc4ccc(-n5c(-c6cc(C(C)C)c(O)cc6O)n[nH]c5=O)cc4)CC3)CC1)c1nnc(C)n1-2. The number of carbonyl (C=O) groups excluding carboxylic acids is 1. The maximum absolute atomic E-state index is 14.0. The summed E-state index contributed by atoms with van der Waals surface area (Å²) >= 11 is 8.01. The van der Waals surface area contributed by atoms with E-state index in [1.807, 2.05) is 62.1 Å². The Kier molecular flexibility index (Phi) is 12.4. The van der Waals surface area contributed by atoms with E-state index in [2.05, 4.69) is 55.8 Å². The molecule has 0 bridgehead atoms. The lowest BCUT2D eigenvalue weighted by atomic mass is 9.89. The maximum Gasteiger partial charge on any atom is 0.348 e. The summed E-state index contributed by atoms with van der Waals surface area (Å²) in [7, 11) is 0. The second-order valence-corrected chi connectivity index (χ2v) is 19.8. The second kappa shape index (κ2) is 18.1. The number of phenols is 2. The van der Waals surface area contributed by atoms with E-state index < -0.39 is 11.7 Å². The Balaban J connectivity index is 0.766. The molecule has 3 aromatic heterocycles. The number of nitrogens with zero attached hydrogens (tertiary/aromatic N) is 8. The molecule has 2 fully saturated rings. The largest absolute Gasteiger partial charge is 0.508 e. The summed E-state index contributed by atoms with van der Waals surface area (Å²) < 4.78 is 3.57. The molecule has 0 saturated carbocycles. The van der Waals surface area contributed by atoms with Gasteiger partial charge < -0.3 is 20.0 Å². The van der Waals surface area contributed by atoms with Gasteiger partial charge in [0.05, 0.1) is 23.4 Å². The van der Waals surface area contributed by atoms with Crippen molar-refractivity contribution in [3.8, 4) is 33.6 Å². The van der Waals surface area contributed by atoms with Gasteiger partial charge in [0.25, 0.3) is 0 Å². The second-order valence-electron chi connectivity index (χ2n) is 18.1. The molecule has 1 atom stereocenters. The topological polar surface area (TPSA) is 158 Å². The van der Waals surface area contributed by atoms with Crippen LogP contribution in [0.2, 0.25) is 5.02 Å². The maximum atomic E-state index is 14.0. The minimum absolute atomic E-state index is 0.0102. The molecule has 64 heavy (non-hydrogen) atoms. The van der Waals surface area contributed by atoms with E-state index in [1.165, 1.54) is 26.6 Å². The zero-order valence-electron chi connectivity index (χ0n) is 37.1. The minimum Gasteiger partial charge on any atom is -0.508 e. The van der Waals surface area contributed by atoms with Crippen molar-refractivity contribution < 1.29 is 15.0 Å². The standard InChI is InChI=1S/C49H56ClN9O4S/c1-28(2)38-25-39(42(61)27-41(38)60)46-53-55-49(63)59(46)37-12-6-33(7-13-37)24-34-15-20-56(21-16-34)19-14-32-17-22-57(23-18-32)43(62)26-40-47-54-52-31(5)58(47)48-44(29(3)30(4)64-48)45(51-40)35-8-10-36(50)11-9-35/h6-13,25,27-28,32,34,40,60-61H,14-24,26H2,1-5H3,(H,55,63)/t40-/m0/s1. The molecule has 0 unspecified atom stereocenters. The first-order valence-corrected chi connectivity index (χ1v) is 23.7. The number of aliphatic imine (C=N–C) groups is 1. The molecule has 15 heteroatoms. The number of hydrogen-bond acceptors (Lipinski definition) is 10. The van der Waals surface area contributed by atoms with Crippen LogP contribution in [0.1, 0.15) is 109 Å². The van der Waals surface area contributed by atoms with Crippen LogP contribution in [0.15, 0.2) is 70.5 Å². The first-order valence-electron chi connectivity index (χ1n) is 22.5. The first-order chi connectivity index (χ1) is 30.8. The summed E-state index contributed by atoms with van der Waals surface area (Å²) in [6, 6.07) is 18.3. The molecule has 334 valence electrons. The Morgan fingerprint density at radius 2 is 1.59 bits per heavy atom. The highest BCUT2D eigenvalue weighted by Gasteiger charge is 2.34. The number of aromatic nitrogens is 6. The number of phenolic OH excluding ortho intramolecular Hbond substituents is 2. The van der Waals surface area contributed by atoms with E-state index in [1.54, 1.807) is 17.4 Å². The van der Waals surface area contributed by atoms with Crippen LogP contribution >= 0.6 is 22.9 Å². The van der Waals surface area contributed by atoms with Crippen LogP contribution in [-0.2, 0) is 11.2 Å². The van der Waals surface area contributed by atoms with Crippen molar-refractivity contribution in [2.75, 3.05) is 32.7 Å². The summed E-state index contributed by atoms with van der Waals surface area (Å²) in [6.45, 7) is 14.9. The smallest absolute Gasteiger partial charge is 0.348 e. The summed E-state index contributed by atoms with van der Waals surface area (Å²) in [5, 5.41) is 38.6. The molecule has 0 aliphatic carbocycles. The van der Waals surface area contributed by atoms with Crippen LogP contribution in [0, 0.1) is 32.6 Å². The molecule has 0 spiro atoms. The van der Waals surface area contributed by atoms with Gasteiger partial charge in [0, 0.05) is 40.2 Å². The summed E-state index contributed by atoms with van der Waals surface area (Å²) in [5.41, 5.74) is 6.59. The number of aromatic amines is 1. The molecule has 0 radical (unpaired) electrons. The number of H-pyrrole nitrogens is 1. The molecule has 6 aromatic rings. The molecule has 2 saturated heterocycles. The Morgan fingerprint density at radius 3 is 2.30 bits per heavy atom. The van der Waals surface area contributed by atoms with E-state index >= 15 is 0 Å². The summed E-state index contributed by atoms with van der Waals surface area (Å²) in [5.74, 6) is 2.97. The first kappa shape index (κ1) is 43.7. The average Bonchev–Trinajstić information content (AvgIpc) is 3.92. The molecule has 3 aromatic carbocycles. The summed E-state index contributed by atoms with van der Waals surface area (Å²) in [6.07, 6.45) is 6.66. The molecule has 3 N–H and O–H groups in total. The lowest BCUT2D eigenvalue weighted by Gasteiger charge is -2.35. The predicted molar refractivity (Wildman–Crippen MR) is 252 cm³/mol. The van der Waals surface area contributed by atoms with Crippen LogP contribution in [-0.4, -0.2) is 93.9 Å². The number of benzene rings is 3. The monoisotopic (exact) mass is 901 g/mol. The fourth-order valence-electron chi connectivity index (χ4n) is 9.74. The number of piperidine rings is 2. The Morgan fingerprint density at radius 1 is 0.891 bits per heavy atom. The zero-order chi connectivity index (χ0) is 44.8. The van der Waals surface area contributed by atoms with Gasteiger partial charge in [-0.25, -0.2) is 14.5 Å². The van der Waals surface area contributed by atoms with Gasteiger partial charge in [-0.2, -0.15) is 5.10 Å². The number of nitrogens with one attached hydrogen (secondary N) is 1. The highest BCUT2D eigenvalue weighted by Crippen LogP contribution is 2.41. The van der Waals surface area contributed by atoms with Crippen LogP contribution in [0.4, 0.5) is 0 Å². The third-order valence-electron chi connectivity index (χ3n) is 13.7. The van der Waals surface area contributed by atoms with E-state index in [4.69, 9.17) is 16.6 Å². The van der Waals surface area contributed by atoms with Gasteiger partial charge >= 0.3 is 5.69 Å². The van der Waals surface area contributed by atoms with Crippen molar-refractivity contribution in [3.63, 3.8) is 0 Å². The molecule has 3 aliphatic heterocycles. The number of fused-ring (bicyclic) bond motifs is 3. The highest BCUT2D eigenvalue weighted by molar-refractivity contribution is 7.15. The molecule has 6 heterocycles. The van der Waals surface area contributed by atoms with Gasteiger partial charge in [0.15, 0.2) is 11.6 Å². The van der Waals surface area contributed by atoms with Crippen molar-refractivity contribution in [2.45, 2.75) is 91.5 Å². The van der Waals surface area contributed by atoms with E-state index in [9.17, 15) is 19.8 Å². The van der Waals surface area contributed by atoms with Crippen molar-refractivity contribution in [3.05, 3.63) is 121 Å². The number of hydrogen-bond donors (Lipinski definition) is 3. The lowest BCUT2D eigenvalue weighted by Crippen LogP contribution is -2.40. The van der Waals surface area contributed by atoms with E-state index in [0.717, 1.165) is 98.9 Å². The Bertz CT molecular complexity index is 2750. The third kappa shape index (κ3) is 8.67. The van der Waals surface area contributed by atoms with Crippen molar-refractivity contribution in [1.29, 1.82) is 0 Å². The van der Waals surface area contributed by atoms with Gasteiger partial charge in [0.1, 0.15) is 28.4 Å². The molecular weight excluding hydrogens is 846 g/mol. The Hall–Kier alpha value is -5.57. The number of thiophene rings is 1. The van der Waals surface area contributed by atoms with Gasteiger partial charge in [-0.3, -0.25) is 14.4 Å². The van der Waals surface area contributed by atoms with Gasteiger partial charge in [-0.05, 0) is 144 Å². The normalized spacial score (nSPS) is 17.4. The molecule has 9 rings (SSSR count). The van der Waals surface area contributed by atoms with Crippen molar-refractivity contribution >= 4 is 34.6 Å². The average molecular weight is 903 g/mol. The fourth-order valence-corrected chi connectivity index (χ4v) is 11.1. The number of aryl methyl sites for hydroxylation is 2. The number of aromatic hydroxyl groups is 2. The van der Waals surface area contributed by atoms with E-state index in [0.29, 0.717) is 45.3 Å². The molecule has 1 amide bonds. The number of carbonyl (C=O) groups is 1. The minimum atomic E-state index is -0.466. The fraction of sp³-hybridized carbons (Fsp3) is 0.429. The Labute approximate surface area is 382 Å². The van der Waals surface area contributed by atoms with Crippen LogP contribution in [0.3, 0.4) is 0 Å². The van der Waals surface area contributed by atoms with Crippen molar-refractivity contribution in [1.82, 2.24) is 39.3 Å². The molecule has 3 aliphatic rings. The number of rotatable bonds is 11. The van der Waals surface area contributed by atoms with Crippen LogP contribution in [0.5, 0.6) is 11.5 Å². The summed E-state index contributed by atoms with van der Waals surface area (Å²) in [4.78, 5) is 38.1. The predicted octanol–water partition coefficient (Wildman–Crippen LogP) is 8.85. The highest BCUT2D eigenvalue weighted by atomic mass is 35.5. The number of halogens is 1. The lowest BCUT2D eigenvalue weighted by molar-refractivity contribution is -0.133. The number of likely N-dealkylation sites (tertiary alicyclic amines) is 2. The molecule has 13 nitrogen and oxygen atoms in total. The van der Waals surface area contributed by atoms with Gasteiger partial charge in [-0.1, -0.05) is 49.7 Å². The quantitative estimate of drug-likeness (QED) is 0.116.